The summed E-state index contributed by atoms with van der Waals surface area (Å²) >= 11 is 0.968. The van der Waals surface area contributed by atoms with Crippen LogP contribution < -0.4 is 10.9 Å². The highest BCUT2D eigenvalue weighted by Crippen LogP contribution is 2.31. The lowest BCUT2D eigenvalue weighted by atomic mass is 10.2. The van der Waals surface area contributed by atoms with Crippen LogP contribution in [0.3, 0.4) is 0 Å². The van der Waals surface area contributed by atoms with Crippen LogP contribution in [0.5, 0.6) is 0 Å². The van der Waals surface area contributed by atoms with Gasteiger partial charge in [0, 0.05) is 13.7 Å². The molecule has 30 heavy (non-hydrogen) atoms. The monoisotopic (exact) mass is 437 g/mol. The number of fused-ring (bicyclic) bond motifs is 1. The standard InChI is InChI=1S/C20H18F3N3O3S/c1-29-10-9-24-17(27)12-30-19-25-16-8-3-2-7-15(16)18(28)26(19)14-6-4-5-13(11-14)20(21,22)23/h2-8,11H,9-10,12H2,1H3,(H,24,27). The molecule has 0 fully saturated rings. The summed E-state index contributed by atoms with van der Waals surface area (Å²) in [5.41, 5.74) is -0.973. The third-order valence-corrected chi connectivity index (χ3v) is 5.08. The van der Waals surface area contributed by atoms with Gasteiger partial charge in [0.2, 0.25) is 5.91 Å². The van der Waals surface area contributed by atoms with Crippen molar-refractivity contribution >= 4 is 28.6 Å². The van der Waals surface area contributed by atoms with E-state index in [9.17, 15) is 22.8 Å². The Kier molecular flexibility index (Phi) is 6.78. The average molecular weight is 437 g/mol. The number of thioether (sulfide) groups is 1. The second-order valence-electron chi connectivity index (χ2n) is 6.23. The molecule has 0 unspecified atom stereocenters. The number of benzene rings is 2. The molecule has 0 atom stereocenters. The third kappa shape index (κ3) is 5.00. The Morgan fingerprint density at radius 1 is 1.20 bits per heavy atom. The van der Waals surface area contributed by atoms with Gasteiger partial charge in [0.25, 0.3) is 5.56 Å². The molecular formula is C20H18F3N3O3S. The number of para-hydroxylation sites is 1. The number of alkyl halides is 3. The number of halogens is 3. The van der Waals surface area contributed by atoms with Gasteiger partial charge in [-0.05, 0) is 30.3 Å². The third-order valence-electron chi connectivity index (χ3n) is 4.14. The number of nitrogens with one attached hydrogen (secondary N) is 1. The minimum Gasteiger partial charge on any atom is -0.383 e. The number of hydrogen-bond donors (Lipinski definition) is 1. The number of nitrogens with zero attached hydrogens (tertiary/aromatic N) is 2. The summed E-state index contributed by atoms with van der Waals surface area (Å²) in [5, 5.41) is 3.04. The molecule has 0 aliphatic heterocycles. The molecule has 3 rings (SSSR count). The van der Waals surface area contributed by atoms with Gasteiger partial charge >= 0.3 is 6.18 Å². The zero-order valence-corrected chi connectivity index (χ0v) is 16.7. The molecule has 3 aromatic rings. The highest BCUT2D eigenvalue weighted by Gasteiger charge is 2.31. The zero-order valence-electron chi connectivity index (χ0n) is 15.9. The zero-order chi connectivity index (χ0) is 21.7. The van der Waals surface area contributed by atoms with E-state index in [2.05, 4.69) is 10.3 Å². The first-order valence-electron chi connectivity index (χ1n) is 8.89. The number of hydrogen-bond acceptors (Lipinski definition) is 5. The second kappa shape index (κ2) is 9.31. The topological polar surface area (TPSA) is 73.2 Å². The molecule has 1 amide bonds. The summed E-state index contributed by atoms with van der Waals surface area (Å²) in [6, 6.07) is 11.0. The molecule has 1 N–H and O–H groups in total. The van der Waals surface area contributed by atoms with E-state index in [1.54, 1.807) is 24.3 Å². The van der Waals surface area contributed by atoms with E-state index in [0.29, 0.717) is 18.7 Å². The number of methoxy groups -OCH3 is 1. The van der Waals surface area contributed by atoms with Gasteiger partial charge in [0.1, 0.15) is 0 Å². The Hall–Kier alpha value is -2.85. The Labute approximate surface area is 174 Å². The van der Waals surface area contributed by atoms with Crippen LogP contribution in [0.1, 0.15) is 5.56 Å². The van der Waals surface area contributed by atoms with Gasteiger partial charge in [0.15, 0.2) is 5.16 Å². The summed E-state index contributed by atoms with van der Waals surface area (Å²) in [6.07, 6.45) is -4.56. The molecule has 158 valence electrons. The summed E-state index contributed by atoms with van der Waals surface area (Å²) in [5.74, 6) is -0.372. The van der Waals surface area contributed by atoms with Crippen molar-refractivity contribution in [3.8, 4) is 5.69 Å². The van der Waals surface area contributed by atoms with Crippen LogP contribution in [0.25, 0.3) is 16.6 Å². The SMILES string of the molecule is COCCNC(=O)CSc1nc2ccccc2c(=O)n1-c1cccc(C(F)(F)F)c1. The fraction of sp³-hybridized carbons (Fsp3) is 0.250. The minimum absolute atomic E-state index is 0.0235. The number of ether oxygens (including phenoxy) is 1. The van der Waals surface area contributed by atoms with Crippen molar-refractivity contribution in [3.63, 3.8) is 0 Å². The lowest BCUT2D eigenvalue weighted by Gasteiger charge is -2.15. The largest absolute Gasteiger partial charge is 0.416 e. The summed E-state index contributed by atoms with van der Waals surface area (Å²) in [7, 11) is 1.51. The number of rotatable bonds is 7. The maximum atomic E-state index is 13.2. The number of carbonyl (C=O) groups excluding carboxylic acids is 1. The van der Waals surface area contributed by atoms with Gasteiger partial charge in [0.05, 0.1) is 34.5 Å². The first-order valence-corrected chi connectivity index (χ1v) is 9.87. The smallest absolute Gasteiger partial charge is 0.383 e. The summed E-state index contributed by atoms with van der Waals surface area (Å²) < 4.78 is 45.5. The average Bonchev–Trinajstić information content (AvgIpc) is 2.72. The van der Waals surface area contributed by atoms with E-state index in [1.165, 1.54) is 19.2 Å². The molecule has 0 saturated heterocycles. The molecule has 10 heteroatoms. The van der Waals surface area contributed by atoms with E-state index in [4.69, 9.17) is 4.74 Å². The molecule has 0 bridgehead atoms. The molecule has 1 aromatic heterocycles. The van der Waals surface area contributed by atoms with Crippen molar-refractivity contribution in [1.82, 2.24) is 14.9 Å². The molecule has 0 spiro atoms. The molecule has 0 radical (unpaired) electrons. The highest BCUT2D eigenvalue weighted by molar-refractivity contribution is 7.99. The Balaban J connectivity index is 2.04. The van der Waals surface area contributed by atoms with Crippen LogP contribution in [0.4, 0.5) is 13.2 Å². The molecular weight excluding hydrogens is 419 g/mol. The van der Waals surface area contributed by atoms with Crippen LogP contribution in [-0.4, -0.2) is 41.5 Å². The lowest BCUT2D eigenvalue weighted by molar-refractivity contribution is -0.137. The number of aromatic nitrogens is 2. The maximum Gasteiger partial charge on any atom is 0.416 e. The van der Waals surface area contributed by atoms with Gasteiger partial charge in [-0.1, -0.05) is 30.0 Å². The molecule has 6 nitrogen and oxygen atoms in total. The molecule has 0 aliphatic carbocycles. The van der Waals surface area contributed by atoms with E-state index >= 15 is 0 Å². The number of carbonyl (C=O) groups is 1. The normalized spacial score (nSPS) is 11.6. The Morgan fingerprint density at radius 2 is 1.97 bits per heavy atom. The van der Waals surface area contributed by atoms with E-state index in [-0.39, 0.29) is 27.9 Å². The molecule has 1 heterocycles. The summed E-state index contributed by atoms with van der Waals surface area (Å²) in [6.45, 7) is 0.668. The van der Waals surface area contributed by atoms with E-state index in [1.807, 2.05) is 0 Å². The summed E-state index contributed by atoms with van der Waals surface area (Å²) in [4.78, 5) is 29.5. The van der Waals surface area contributed by atoms with Gasteiger partial charge in [-0.25, -0.2) is 4.98 Å². The predicted octanol–water partition coefficient (Wildman–Crippen LogP) is 3.26. The van der Waals surface area contributed by atoms with Crippen molar-refractivity contribution in [2.75, 3.05) is 26.0 Å². The number of amides is 1. The quantitative estimate of drug-likeness (QED) is 0.349. The van der Waals surface area contributed by atoms with Crippen molar-refractivity contribution in [2.45, 2.75) is 11.3 Å². The Bertz CT molecular complexity index is 1120. The van der Waals surface area contributed by atoms with Gasteiger partial charge in [-0.15, -0.1) is 0 Å². The highest BCUT2D eigenvalue weighted by atomic mass is 32.2. The first kappa shape index (κ1) is 21.8. The fourth-order valence-electron chi connectivity index (χ4n) is 2.73. The van der Waals surface area contributed by atoms with Crippen molar-refractivity contribution in [2.24, 2.45) is 0 Å². The van der Waals surface area contributed by atoms with E-state index < -0.39 is 17.3 Å². The van der Waals surface area contributed by atoms with Crippen LogP contribution in [0.15, 0.2) is 58.5 Å². The predicted molar refractivity (Wildman–Crippen MR) is 108 cm³/mol. The molecule has 0 saturated carbocycles. The van der Waals surface area contributed by atoms with Crippen LogP contribution in [-0.2, 0) is 15.7 Å². The lowest BCUT2D eigenvalue weighted by Crippen LogP contribution is -2.29. The van der Waals surface area contributed by atoms with Gasteiger partial charge in [-0.3, -0.25) is 14.2 Å². The van der Waals surface area contributed by atoms with Gasteiger partial charge in [-0.2, -0.15) is 13.2 Å². The Morgan fingerprint density at radius 3 is 2.70 bits per heavy atom. The van der Waals surface area contributed by atoms with Crippen molar-refractivity contribution < 1.29 is 22.7 Å². The second-order valence-corrected chi connectivity index (χ2v) is 7.17. The first-order chi connectivity index (χ1) is 14.3. The van der Waals surface area contributed by atoms with E-state index in [0.717, 1.165) is 28.5 Å². The van der Waals surface area contributed by atoms with Crippen LogP contribution >= 0.6 is 11.8 Å². The molecule has 2 aromatic carbocycles. The van der Waals surface area contributed by atoms with Gasteiger partial charge < -0.3 is 10.1 Å². The van der Waals surface area contributed by atoms with Crippen LogP contribution in [0.2, 0.25) is 0 Å². The maximum absolute atomic E-state index is 13.2. The van der Waals surface area contributed by atoms with Crippen LogP contribution in [0, 0.1) is 0 Å². The minimum atomic E-state index is -4.56. The fourth-order valence-corrected chi connectivity index (χ4v) is 3.57. The van der Waals surface area contributed by atoms with Crippen molar-refractivity contribution in [1.29, 1.82) is 0 Å². The molecule has 0 aliphatic rings. The van der Waals surface area contributed by atoms with Crippen molar-refractivity contribution in [3.05, 3.63) is 64.4 Å².